The van der Waals surface area contributed by atoms with Crippen molar-refractivity contribution in [3.8, 4) is 11.5 Å². The highest BCUT2D eigenvalue weighted by Crippen LogP contribution is 2.36. The number of rotatable bonds is 7. The van der Waals surface area contributed by atoms with Crippen LogP contribution < -0.4 is 14.4 Å². The fourth-order valence-corrected chi connectivity index (χ4v) is 4.36. The van der Waals surface area contributed by atoms with Gasteiger partial charge in [-0.25, -0.2) is 4.98 Å². The van der Waals surface area contributed by atoms with Crippen molar-refractivity contribution in [3.05, 3.63) is 59.6 Å². The molecule has 2 aromatic carbocycles. The summed E-state index contributed by atoms with van der Waals surface area (Å²) in [5.41, 5.74) is 1.61. The summed E-state index contributed by atoms with van der Waals surface area (Å²) in [4.78, 5) is 19.6. The molecule has 3 rings (SSSR count). The number of thioether (sulfide) groups is 1. The Labute approximate surface area is 167 Å². The number of nitrogens with zero attached hydrogens (tertiary/aromatic N) is 2. The van der Waals surface area contributed by atoms with Crippen LogP contribution in [0.15, 0.2) is 58.8 Å². The molecular weight excluding hydrogens is 380 g/mol. The van der Waals surface area contributed by atoms with Gasteiger partial charge in [-0.3, -0.25) is 9.69 Å². The molecule has 27 heavy (non-hydrogen) atoms. The van der Waals surface area contributed by atoms with E-state index in [1.807, 2.05) is 53.9 Å². The summed E-state index contributed by atoms with van der Waals surface area (Å²) >= 11 is 3.12. The molecule has 0 radical (unpaired) electrons. The summed E-state index contributed by atoms with van der Waals surface area (Å²) in [5, 5.41) is 2.61. The number of thiazole rings is 1. The topological polar surface area (TPSA) is 51.7 Å². The average molecular weight is 401 g/mol. The molecule has 1 aromatic heterocycles. The number of hydrogen-bond donors (Lipinski definition) is 0. The van der Waals surface area contributed by atoms with E-state index in [2.05, 4.69) is 4.98 Å². The van der Waals surface area contributed by atoms with E-state index in [-0.39, 0.29) is 5.91 Å². The summed E-state index contributed by atoms with van der Waals surface area (Å²) < 4.78 is 10.7. The van der Waals surface area contributed by atoms with Crippen LogP contribution in [0.2, 0.25) is 0 Å². The van der Waals surface area contributed by atoms with E-state index in [4.69, 9.17) is 9.47 Å². The van der Waals surface area contributed by atoms with E-state index in [0.717, 1.165) is 16.3 Å². The summed E-state index contributed by atoms with van der Waals surface area (Å²) in [7, 11) is 3.25. The first-order chi connectivity index (χ1) is 13.1. The van der Waals surface area contributed by atoms with Gasteiger partial charge >= 0.3 is 0 Å². The minimum Gasteiger partial charge on any atom is -0.497 e. The lowest BCUT2D eigenvalue weighted by Gasteiger charge is -2.20. The van der Waals surface area contributed by atoms with E-state index in [9.17, 15) is 4.79 Å². The van der Waals surface area contributed by atoms with Crippen LogP contribution in [0, 0.1) is 0 Å². The molecule has 1 amide bonds. The molecule has 0 unspecified atom stereocenters. The van der Waals surface area contributed by atoms with Gasteiger partial charge in [-0.15, -0.1) is 23.1 Å². The highest BCUT2D eigenvalue weighted by atomic mass is 32.2. The second-order valence-electron chi connectivity index (χ2n) is 5.62. The fraction of sp³-hybridized carbons (Fsp3) is 0.200. The number of carbonyl (C=O) groups excluding carboxylic acids is 1. The molecule has 0 N–H and O–H groups in total. The number of amides is 1. The van der Waals surface area contributed by atoms with Gasteiger partial charge < -0.3 is 9.47 Å². The van der Waals surface area contributed by atoms with Crippen LogP contribution in [-0.2, 0) is 10.5 Å². The molecule has 0 aliphatic heterocycles. The zero-order valence-electron chi connectivity index (χ0n) is 15.3. The van der Waals surface area contributed by atoms with Crippen molar-refractivity contribution in [1.82, 2.24) is 4.98 Å². The van der Waals surface area contributed by atoms with Gasteiger partial charge in [-0.05, 0) is 30.3 Å². The molecule has 0 fully saturated rings. The highest BCUT2D eigenvalue weighted by Gasteiger charge is 2.21. The quantitative estimate of drug-likeness (QED) is 0.514. The van der Waals surface area contributed by atoms with E-state index >= 15 is 0 Å². The molecule has 0 bridgehead atoms. The van der Waals surface area contributed by atoms with Crippen LogP contribution in [-0.4, -0.2) is 25.1 Å². The minimum absolute atomic E-state index is 0.110. The Bertz CT molecular complexity index is 927. The highest BCUT2D eigenvalue weighted by molar-refractivity contribution is 7.98. The van der Waals surface area contributed by atoms with Gasteiger partial charge in [0.1, 0.15) is 11.5 Å². The lowest BCUT2D eigenvalue weighted by Crippen LogP contribution is -2.23. The summed E-state index contributed by atoms with van der Waals surface area (Å²) in [5.74, 6) is 2.07. The molecule has 0 saturated carbocycles. The molecule has 0 spiro atoms. The third kappa shape index (κ3) is 4.61. The van der Waals surface area contributed by atoms with Crippen molar-refractivity contribution in [3.63, 3.8) is 0 Å². The minimum atomic E-state index is -0.110. The molecule has 0 aliphatic carbocycles. The number of methoxy groups -OCH3 is 2. The number of anilines is 2. The maximum atomic E-state index is 12.3. The molecule has 140 valence electrons. The number of aromatic nitrogens is 1. The van der Waals surface area contributed by atoms with Gasteiger partial charge in [-0.1, -0.05) is 18.2 Å². The Morgan fingerprint density at radius 3 is 2.70 bits per heavy atom. The predicted molar refractivity (Wildman–Crippen MR) is 110 cm³/mol. The van der Waals surface area contributed by atoms with Crippen LogP contribution in [0.3, 0.4) is 0 Å². The fourth-order valence-electron chi connectivity index (χ4n) is 2.54. The molecule has 0 aliphatic rings. The Morgan fingerprint density at radius 1 is 1.15 bits per heavy atom. The smallest absolute Gasteiger partial charge is 0.230 e. The predicted octanol–water partition coefficient (Wildman–Crippen LogP) is 5.14. The Hall–Kier alpha value is -2.51. The molecule has 0 saturated heterocycles. The Balaban J connectivity index is 1.79. The van der Waals surface area contributed by atoms with Gasteiger partial charge in [0.15, 0.2) is 5.13 Å². The number of para-hydroxylation sites is 2. The zero-order valence-corrected chi connectivity index (χ0v) is 17.0. The average Bonchev–Trinajstić information content (AvgIpc) is 3.15. The lowest BCUT2D eigenvalue weighted by molar-refractivity contribution is -0.115. The van der Waals surface area contributed by atoms with Gasteiger partial charge in [0, 0.05) is 23.0 Å². The summed E-state index contributed by atoms with van der Waals surface area (Å²) in [6, 6.07) is 15.4. The molecule has 7 heteroatoms. The first-order valence-electron chi connectivity index (χ1n) is 8.27. The normalized spacial score (nSPS) is 10.5. The first-order valence-corrected chi connectivity index (χ1v) is 10.1. The lowest BCUT2D eigenvalue weighted by atomic mass is 10.2. The van der Waals surface area contributed by atoms with Gasteiger partial charge in [0.2, 0.25) is 5.91 Å². The summed E-state index contributed by atoms with van der Waals surface area (Å²) in [6.07, 6.45) is 0. The van der Waals surface area contributed by atoms with E-state index in [1.54, 1.807) is 30.9 Å². The van der Waals surface area contributed by atoms with Crippen molar-refractivity contribution in [2.45, 2.75) is 17.6 Å². The molecule has 3 aromatic rings. The van der Waals surface area contributed by atoms with Crippen LogP contribution in [0.4, 0.5) is 10.8 Å². The molecule has 5 nitrogen and oxygen atoms in total. The van der Waals surface area contributed by atoms with Gasteiger partial charge in [0.25, 0.3) is 0 Å². The van der Waals surface area contributed by atoms with E-state index in [0.29, 0.717) is 22.3 Å². The zero-order chi connectivity index (χ0) is 19.2. The molecule has 1 heterocycles. The van der Waals surface area contributed by atoms with Crippen molar-refractivity contribution >= 4 is 39.8 Å². The third-order valence-corrected chi connectivity index (χ3v) is 5.70. The maximum absolute atomic E-state index is 12.3. The third-order valence-electron chi connectivity index (χ3n) is 3.80. The van der Waals surface area contributed by atoms with Gasteiger partial charge in [-0.2, -0.15) is 0 Å². The Morgan fingerprint density at radius 2 is 1.96 bits per heavy atom. The number of benzene rings is 2. The standard InChI is InChI=1S/C20H20N2O3S2/c1-14(23)22(18-9-4-5-10-19(18)25-3)20-21-15(13-27-20)12-26-17-8-6-7-16(11-17)24-2/h4-11,13H,12H2,1-3H3. The maximum Gasteiger partial charge on any atom is 0.230 e. The second kappa shape index (κ2) is 8.92. The van der Waals surface area contributed by atoms with Crippen molar-refractivity contribution < 1.29 is 14.3 Å². The molecular formula is C20H20N2O3S2. The van der Waals surface area contributed by atoms with Crippen molar-refractivity contribution in [2.24, 2.45) is 0 Å². The molecule has 0 atom stereocenters. The monoisotopic (exact) mass is 400 g/mol. The number of carbonyl (C=O) groups is 1. The number of hydrogen-bond acceptors (Lipinski definition) is 6. The SMILES string of the molecule is COc1cccc(SCc2csc(N(C(C)=O)c3ccccc3OC)n2)c1. The Kier molecular flexibility index (Phi) is 6.36. The van der Waals surface area contributed by atoms with E-state index in [1.165, 1.54) is 18.3 Å². The summed E-state index contributed by atoms with van der Waals surface area (Å²) in [6.45, 7) is 1.53. The first kappa shape index (κ1) is 19.3. The van der Waals surface area contributed by atoms with Gasteiger partial charge in [0.05, 0.1) is 25.6 Å². The van der Waals surface area contributed by atoms with Crippen LogP contribution >= 0.6 is 23.1 Å². The van der Waals surface area contributed by atoms with Crippen molar-refractivity contribution in [1.29, 1.82) is 0 Å². The second-order valence-corrected chi connectivity index (χ2v) is 7.50. The number of ether oxygens (including phenoxy) is 2. The van der Waals surface area contributed by atoms with Crippen LogP contribution in [0.1, 0.15) is 12.6 Å². The largest absolute Gasteiger partial charge is 0.497 e. The van der Waals surface area contributed by atoms with E-state index < -0.39 is 0 Å². The van der Waals surface area contributed by atoms with Crippen LogP contribution in [0.5, 0.6) is 11.5 Å². The van der Waals surface area contributed by atoms with Crippen LogP contribution in [0.25, 0.3) is 0 Å². The van der Waals surface area contributed by atoms with Crippen molar-refractivity contribution in [2.75, 3.05) is 19.1 Å².